The number of benzene rings is 2. The summed E-state index contributed by atoms with van der Waals surface area (Å²) in [5.41, 5.74) is 1.47. The van der Waals surface area contributed by atoms with Crippen LogP contribution in [0.5, 0.6) is 0 Å². The molecular formula is C33H34FN7O6. The Bertz CT molecular complexity index is 1820. The average Bonchev–Trinajstić information content (AvgIpc) is 3.76. The van der Waals surface area contributed by atoms with Crippen molar-refractivity contribution in [3.63, 3.8) is 0 Å². The van der Waals surface area contributed by atoms with Crippen molar-refractivity contribution in [1.29, 1.82) is 0 Å². The maximum atomic E-state index is 14.6. The molecule has 0 spiro atoms. The summed E-state index contributed by atoms with van der Waals surface area (Å²) in [6, 6.07) is 12.8. The number of carboxylic acid groups (broad SMARTS) is 1. The minimum Gasteiger partial charge on any atom is -0.478 e. The molecule has 4 aromatic rings. The zero-order valence-corrected chi connectivity index (χ0v) is 25.7. The van der Waals surface area contributed by atoms with Crippen molar-refractivity contribution in [2.75, 3.05) is 25.5 Å². The van der Waals surface area contributed by atoms with Gasteiger partial charge in [-0.25, -0.2) is 28.9 Å². The van der Waals surface area contributed by atoms with Crippen LogP contribution in [0.3, 0.4) is 0 Å². The van der Waals surface area contributed by atoms with E-state index in [4.69, 9.17) is 9.47 Å². The van der Waals surface area contributed by atoms with Crippen LogP contribution in [0, 0.1) is 11.7 Å². The highest BCUT2D eigenvalue weighted by Crippen LogP contribution is 2.45. The number of nitrogens with one attached hydrogen (secondary N) is 2. The zero-order chi connectivity index (χ0) is 33.1. The number of urea groups is 1. The van der Waals surface area contributed by atoms with Crippen LogP contribution < -0.4 is 10.6 Å². The Hall–Kier alpha value is -5.21. The van der Waals surface area contributed by atoms with E-state index in [2.05, 4.69) is 25.6 Å². The second-order valence-corrected chi connectivity index (χ2v) is 11.5. The van der Waals surface area contributed by atoms with Crippen LogP contribution in [-0.4, -0.2) is 86.1 Å². The number of carbonyl (C=O) groups excluding carboxylic acids is 2. The molecule has 4 unspecified atom stereocenters. The summed E-state index contributed by atoms with van der Waals surface area (Å²) in [6.07, 6.45) is 5.34. The maximum absolute atomic E-state index is 14.6. The molecule has 2 fully saturated rings. The lowest BCUT2D eigenvalue weighted by molar-refractivity contribution is -0.130. The van der Waals surface area contributed by atoms with Gasteiger partial charge in [0.1, 0.15) is 18.2 Å². The molecule has 3 heterocycles. The second-order valence-electron chi connectivity index (χ2n) is 11.5. The summed E-state index contributed by atoms with van der Waals surface area (Å²) in [6.45, 7) is 2.49. The fourth-order valence-electron chi connectivity index (χ4n) is 6.24. The monoisotopic (exact) mass is 643 g/mol. The Kier molecular flexibility index (Phi) is 9.22. The normalized spacial score (nSPS) is 22.0. The molecule has 1 aliphatic carbocycles. The van der Waals surface area contributed by atoms with Crippen molar-refractivity contribution in [2.45, 2.75) is 44.3 Å². The first kappa shape index (κ1) is 31.8. The van der Waals surface area contributed by atoms with Crippen LogP contribution in [0.15, 0.2) is 67.3 Å². The predicted molar refractivity (Wildman–Crippen MR) is 169 cm³/mol. The van der Waals surface area contributed by atoms with E-state index in [0.29, 0.717) is 24.1 Å². The molecule has 0 bridgehead atoms. The van der Waals surface area contributed by atoms with Gasteiger partial charge in [0.05, 0.1) is 30.5 Å². The highest BCUT2D eigenvalue weighted by molar-refractivity contribution is 5.96. The molecule has 3 amide bonds. The summed E-state index contributed by atoms with van der Waals surface area (Å²) in [7, 11) is 1.60. The number of amides is 3. The number of anilines is 1. The summed E-state index contributed by atoms with van der Waals surface area (Å²) >= 11 is 0. The van der Waals surface area contributed by atoms with E-state index in [1.54, 1.807) is 20.3 Å². The SMILES string of the molecule is CCNC(=O)Nc1ncnc2c1ncn2C1CC(CN(C)C(=O)Cc2c(F)cccc2C(=O)O)C2O[C@H](/C=C/c3ccccc3)OC21. The van der Waals surface area contributed by atoms with E-state index in [9.17, 15) is 23.9 Å². The minimum atomic E-state index is -1.30. The number of aromatic carboxylic acids is 1. The number of halogens is 1. The molecule has 0 radical (unpaired) electrons. The third-order valence-corrected chi connectivity index (χ3v) is 8.44. The number of nitrogens with zero attached hydrogens (tertiary/aromatic N) is 5. The quantitative estimate of drug-likeness (QED) is 0.233. The molecule has 13 nitrogen and oxygen atoms in total. The Labute approximate surface area is 269 Å². The van der Waals surface area contributed by atoms with Gasteiger partial charge in [0, 0.05) is 31.6 Å². The molecule has 1 aliphatic heterocycles. The van der Waals surface area contributed by atoms with E-state index >= 15 is 0 Å². The van der Waals surface area contributed by atoms with Crippen LogP contribution in [0.1, 0.15) is 40.9 Å². The van der Waals surface area contributed by atoms with Gasteiger partial charge in [-0.05, 0) is 37.1 Å². The first-order valence-corrected chi connectivity index (χ1v) is 15.2. The molecular weight excluding hydrogens is 609 g/mol. The summed E-state index contributed by atoms with van der Waals surface area (Å²) in [4.78, 5) is 51.9. The lowest BCUT2D eigenvalue weighted by atomic mass is 10.0. The largest absolute Gasteiger partial charge is 0.478 e. The summed E-state index contributed by atoms with van der Waals surface area (Å²) in [5, 5.41) is 14.9. The number of likely N-dealkylation sites (N-methyl/N-ethyl adjacent to an activating group) is 1. The first-order chi connectivity index (χ1) is 22.7. The molecule has 2 aromatic carbocycles. The molecule has 244 valence electrons. The van der Waals surface area contributed by atoms with Gasteiger partial charge in [0.15, 0.2) is 23.3 Å². The van der Waals surface area contributed by atoms with Gasteiger partial charge in [0.2, 0.25) is 5.91 Å². The van der Waals surface area contributed by atoms with Gasteiger partial charge >= 0.3 is 12.0 Å². The van der Waals surface area contributed by atoms with Gasteiger partial charge in [-0.2, -0.15) is 0 Å². The molecule has 1 saturated carbocycles. The van der Waals surface area contributed by atoms with Crippen LogP contribution in [0.25, 0.3) is 17.2 Å². The molecule has 2 aliphatic rings. The van der Waals surface area contributed by atoms with Gasteiger partial charge in [0.25, 0.3) is 0 Å². The van der Waals surface area contributed by atoms with Gasteiger partial charge in [-0.15, -0.1) is 0 Å². The number of ether oxygens (including phenoxy) is 2. The van der Waals surface area contributed by atoms with Crippen molar-refractivity contribution >= 4 is 41.0 Å². The van der Waals surface area contributed by atoms with Gasteiger partial charge in [-0.1, -0.05) is 42.5 Å². The number of imidazole rings is 1. The number of hydrogen-bond acceptors (Lipinski definition) is 8. The van der Waals surface area contributed by atoms with E-state index in [1.165, 1.54) is 23.4 Å². The van der Waals surface area contributed by atoms with Crippen LogP contribution in [-0.2, 0) is 20.7 Å². The molecule has 6 rings (SSSR count). The van der Waals surface area contributed by atoms with E-state index in [0.717, 1.165) is 11.6 Å². The summed E-state index contributed by atoms with van der Waals surface area (Å²) in [5.74, 6) is -2.43. The van der Waals surface area contributed by atoms with Crippen LogP contribution in [0.4, 0.5) is 15.0 Å². The lowest BCUT2D eigenvalue weighted by Crippen LogP contribution is -2.37. The Morgan fingerprint density at radius 2 is 1.87 bits per heavy atom. The van der Waals surface area contributed by atoms with Crippen LogP contribution >= 0.6 is 0 Å². The fraction of sp³-hybridized carbons (Fsp3) is 0.333. The number of rotatable bonds is 10. The number of carboxylic acids is 1. The molecule has 1 saturated heterocycles. The molecule has 2 aromatic heterocycles. The first-order valence-electron chi connectivity index (χ1n) is 15.2. The van der Waals surface area contributed by atoms with E-state index in [1.807, 2.05) is 47.1 Å². The molecule has 5 atom stereocenters. The average molecular weight is 644 g/mol. The maximum Gasteiger partial charge on any atom is 0.336 e. The highest BCUT2D eigenvalue weighted by Gasteiger charge is 2.52. The molecule has 3 N–H and O–H groups in total. The number of aromatic nitrogens is 4. The van der Waals surface area contributed by atoms with Crippen molar-refractivity contribution in [2.24, 2.45) is 5.92 Å². The number of hydrogen-bond donors (Lipinski definition) is 3. The molecule has 47 heavy (non-hydrogen) atoms. The Morgan fingerprint density at radius 3 is 2.64 bits per heavy atom. The predicted octanol–water partition coefficient (Wildman–Crippen LogP) is 3.89. The lowest BCUT2D eigenvalue weighted by Gasteiger charge is -2.25. The highest BCUT2D eigenvalue weighted by atomic mass is 19.1. The second kappa shape index (κ2) is 13.6. The van der Waals surface area contributed by atoms with Crippen molar-refractivity contribution < 1.29 is 33.4 Å². The zero-order valence-electron chi connectivity index (χ0n) is 25.7. The third-order valence-electron chi connectivity index (χ3n) is 8.44. The van der Waals surface area contributed by atoms with Gasteiger partial charge in [-0.3, -0.25) is 10.1 Å². The minimum absolute atomic E-state index is 0.160. The summed E-state index contributed by atoms with van der Waals surface area (Å²) < 4.78 is 29.3. The van der Waals surface area contributed by atoms with Crippen LogP contribution in [0.2, 0.25) is 0 Å². The topological polar surface area (TPSA) is 161 Å². The van der Waals surface area contributed by atoms with Gasteiger partial charge < -0.3 is 29.4 Å². The Balaban J connectivity index is 1.26. The van der Waals surface area contributed by atoms with Crippen molar-refractivity contribution in [1.82, 2.24) is 29.7 Å². The third kappa shape index (κ3) is 6.69. The van der Waals surface area contributed by atoms with E-state index in [-0.39, 0.29) is 35.4 Å². The number of carbonyl (C=O) groups is 3. The Morgan fingerprint density at radius 1 is 1.09 bits per heavy atom. The smallest absolute Gasteiger partial charge is 0.336 e. The fourth-order valence-corrected chi connectivity index (χ4v) is 6.24. The molecule has 14 heteroatoms. The van der Waals surface area contributed by atoms with E-state index < -0.39 is 48.6 Å². The number of fused-ring (bicyclic) bond motifs is 2. The van der Waals surface area contributed by atoms with Crippen molar-refractivity contribution in [3.8, 4) is 0 Å². The standard InChI is InChI=1S/C33H34FN7O6/c1-3-35-33(45)39-30-27-31(37-17-36-30)41(18-38-27)24-14-20(28-29(24)47-26(46-28)13-12-19-8-5-4-6-9-19)16-40(2)25(42)15-22-21(32(43)44)10-7-11-23(22)34/h4-13,17-18,20,24,26,28-29H,3,14-16H2,1-2H3,(H,43,44)(H2,35,36,37,39,45)/b13-12+/t20?,24?,26-,28?,29?/m0/s1. The van der Waals surface area contributed by atoms with Crippen molar-refractivity contribution in [3.05, 3.63) is 89.8 Å².